The Morgan fingerprint density at radius 3 is 2.97 bits per heavy atom. The first-order valence-corrected chi connectivity index (χ1v) is 11.9. The molecule has 3 fully saturated rings. The molecule has 6 nitrogen and oxygen atoms in total. The van der Waals surface area contributed by atoms with Crippen LogP contribution in [-0.2, 0) is 9.47 Å². The van der Waals surface area contributed by atoms with Gasteiger partial charge < -0.3 is 20.1 Å². The molecule has 0 radical (unpaired) electrons. The van der Waals surface area contributed by atoms with Crippen LogP contribution in [0.4, 0.5) is 0 Å². The number of thiophene rings is 1. The fraction of sp³-hybridized carbons (Fsp3) is 0.773. The van der Waals surface area contributed by atoms with Gasteiger partial charge in [0, 0.05) is 48.5 Å². The fourth-order valence-corrected chi connectivity index (χ4v) is 6.11. The molecule has 0 amide bonds. The second-order valence-electron chi connectivity index (χ2n) is 9.11. The maximum atomic E-state index is 5.96. The van der Waals surface area contributed by atoms with Gasteiger partial charge in [0.15, 0.2) is 5.96 Å². The Balaban J connectivity index is 1.47. The fourth-order valence-electron chi connectivity index (χ4n) is 5.26. The van der Waals surface area contributed by atoms with Crippen molar-refractivity contribution in [3.8, 4) is 0 Å². The number of hydrogen-bond acceptors (Lipinski definition) is 5. The molecule has 3 heterocycles. The lowest BCUT2D eigenvalue weighted by molar-refractivity contribution is -0.106. The number of aliphatic imine (C=N–C) groups is 1. The molecule has 2 saturated heterocycles. The van der Waals surface area contributed by atoms with Crippen LogP contribution in [0.5, 0.6) is 0 Å². The summed E-state index contributed by atoms with van der Waals surface area (Å²) in [6.45, 7) is 14.1. The summed E-state index contributed by atoms with van der Waals surface area (Å²) < 4.78 is 11.7. The summed E-state index contributed by atoms with van der Waals surface area (Å²) in [4.78, 5) is 8.96. The summed E-state index contributed by atoms with van der Waals surface area (Å²) in [6.07, 6.45) is 1.81. The van der Waals surface area contributed by atoms with Gasteiger partial charge in [-0.1, -0.05) is 19.9 Å². The number of ether oxygens (including phenoxy) is 2. The number of morpholine rings is 1. The van der Waals surface area contributed by atoms with Crippen molar-refractivity contribution in [3.05, 3.63) is 22.4 Å². The van der Waals surface area contributed by atoms with Crippen LogP contribution in [0.1, 0.15) is 45.0 Å². The Kier molecular flexibility index (Phi) is 6.49. The van der Waals surface area contributed by atoms with Gasteiger partial charge in [-0.25, -0.2) is 0 Å². The molecule has 3 aliphatic rings. The third-order valence-electron chi connectivity index (χ3n) is 6.74. The molecule has 1 aromatic rings. The van der Waals surface area contributed by atoms with E-state index >= 15 is 0 Å². The summed E-state index contributed by atoms with van der Waals surface area (Å²) in [5, 5.41) is 9.38. The Hall–Kier alpha value is -1.15. The summed E-state index contributed by atoms with van der Waals surface area (Å²) in [7, 11) is 0. The van der Waals surface area contributed by atoms with E-state index in [9.17, 15) is 0 Å². The Bertz CT molecular complexity index is 693. The van der Waals surface area contributed by atoms with E-state index in [1.54, 1.807) is 0 Å². The summed E-state index contributed by atoms with van der Waals surface area (Å²) in [5.41, 5.74) is 0.143. The zero-order valence-electron chi connectivity index (χ0n) is 18.2. The summed E-state index contributed by atoms with van der Waals surface area (Å²) in [6, 6.07) is 5.09. The van der Waals surface area contributed by atoms with Crippen molar-refractivity contribution in [1.82, 2.24) is 15.5 Å². The van der Waals surface area contributed by atoms with Crippen LogP contribution in [0.3, 0.4) is 0 Å². The molecule has 2 aliphatic heterocycles. The van der Waals surface area contributed by atoms with E-state index in [1.807, 2.05) is 11.3 Å². The topological polar surface area (TPSA) is 58.1 Å². The van der Waals surface area contributed by atoms with Gasteiger partial charge in [0.2, 0.25) is 0 Å². The van der Waals surface area contributed by atoms with Gasteiger partial charge in [0.25, 0.3) is 0 Å². The second-order valence-corrected chi connectivity index (χ2v) is 10.1. The van der Waals surface area contributed by atoms with Gasteiger partial charge in [-0.05, 0) is 31.7 Å². The normalized spacial score (nSPS) is 33.0. The Morgan fingerprint density at radius 1 is 1.38 bits per heavy atom. The van der Waals surface area contributed by atoms with Crippen molar-refractivity contribution in [1.29, 1.82) is 0 Å². The first kappa shape index (κ1) is 21.1. The van der Waals surface area contributed by atoms with Crippen molar-refractivity contribution in [2.24, 2.45) is 16.3 Å². The van der Waals surface area contributed by atoms with E-state index in [0.29, 0.717) is 24.1 Å². The van der Waals surface area contributed by atoms with Gasteiger partial charge in [-0.15, -0.1) is 11.3 Å². The highest BCUT2D eigenvalue weighted by molar-refractivity contribution is 7.10. The number of nitrogens with one attached hydrogen (secondary N) is 2. The summed E-state index contributed by atoms with van der Waals surface area (Å²) >= 11 is 1.82. The largest absolute Gasteiger partial charge is 0.377 e. The average Bonchev–Trinajstić information content (AvgIpc) is 3.37. The van der Waals surface area contributed by atoms with Crippen LogP contribution in [0.25, 0.3) is 0 Å². The summed E-state index contributed by atoms with van der Waals surface area (Å²) in [5.74, 6) is 1.53. The smallest absolute Gasteiger partial charge is 0.191 e. The first-order valence-electron chi connectivity index (χ1n) is 11.1. The number of hydrogen-bond donors (Lipinski definition) is 2. The van der Waals surface area contributed by atoms with Gasteiger partial charge >= 0.3 is 0 Å². The lowest BCUT2D eigenvalue weighted by Crippen LogP contribution is -2.68. The van der Waals surface area contributed by atoms with Crippen molar-refractivity contribution >= 4 is 17.3 Å². The number of nitrogens with zero attached hydrogens (tertiary/aromatic N) is 2. The third kappa shape index (κ3) is 4.33. The van der Waals surface area contributed by atoms with E-state index in [0.717, 1.165) is 51.8 Å². The van der Waals surface area contributed by atoms with Gasteiger partial charge in [-0.3, -0.25) is 9.89 Å². The molecule has 1 saturated carbocycles. The number of guanidine groups is 1. The molecule has 4 rings (SSSR count). The van der Waals surface area contributed by atoms with Crippen molar-refractivity contribution in [3.63, 3.8) is 0 Å². The minimum atomic E-state index is 0.143. The van der Waals surface area contributed by atoms with Gasteiger partial charge in [-0.2, -0.15) is 0 Å². The SMILES string of the molecule is CCNC(=NCC(c1cccs1)N1CCOC(C)C1)NC1C2CCOC2C1(C)C. The van der Waals surface area contributed by atoms with Crippen LogP contribution >= 0.6 is 11.3 Å². The molecule has 0 bridgehead atoms. The monoisotopic (exact) mass is 420 g/mol. The van der Waals surface area contributed by atoms with Gasteiger partial charge in [0.05, 0.1) is 31.4 Å². The minimum Gasteiger partial charge on any atom is -0.377 e. The molecule has 5 unspecified atom stereocenters. The zero-order chi connectivity index (χ0) is 20.4. The van der Waals surface area contributed by atoms with Crippen molar-refractivity contribution in [2.45, 2.75) is 58.4 Å². The quantitative estimate of drug-likeness (QED) is 0.547. The molecule has 0 aromatic carbocycles. The average molecular weight is 421 g/mol. The van der Waals surface area contributed by atoms with E-state index in [-0.39, 0.29) is 11.5 Å². The molecule has 1 aromatic heterocycles. The lowest BCUT2D eigenvalue weighted by atomic mass is 9.57. The maximum absolute atomic E-state index is 5.96. The van der Waals surface area contributed by atoms with E-state index in [4.69, 9.17) is 14.5 Å². The molecule has 2 N–H and O–H groups in total. The van der Waals surface area contributed by atoms with Crippen LogP contribution in [0.15, 0.2) is 22.5 Å². The minimum absolute atomic E-state index is 0.143. The number of rotatable bonds is 6. The molecule has 29 heavy (non-hydrogen) atoms. The lowest BCUT2D eigenvalue weighted by Gasteiger charge is -2.55. The zero-order valence-corrected chi connectivity index (χ0v) is 19.0. The van der Waals surface area contributed by atoms with Crippen LogP contribution in [0, 0.1) is 11.3 Å². The maximum Gasteiger partial charge on any atom is 0.191 e. The molecule has 7 heteroatoms. The predicted octanol–water partition coefficient (Wildman–Crippen LogP) is 2.88. The van der Waals surface area contributed by atoms with Crippen LogP contribution in [0.2, 0.25) is 0 Å². The highest BCUT2D eigenvalue weighted by Crippen LogP contribution is 2.52. The van der Waals surface area contributed by atoms with Crippen molar-refractivity contribution < 1.29 is 9.47 Å². The van der Waals surface area contributed by atoms with E-state index in [2.05, 4.69) is 60.7 Å². The molecule has 0 spiro atoms. The molecule has 5 atom stereocenters. The van der Waals surface area contributed by atoms with E-state index in [1.165, 1.54) is 4.88 Å². The van der Waals surface area contributed by atoms with Gasteiger partial charge in [0.1, 0.15) is 0 Å². The predicted molar refractivity (Wildman–Crippen MR) is 119 cm³/mol. The third-order valence-corrected chi connectivity index (χ3v) is 7.72. The highest BCUT2D eigenvalue weighted by atomic mass is 32.1. The Morgan fingerprint density at radius 2 is 2.24 bits per heavy atom. The number of fused-ring (bicyclic) bond motifs is 1. The highest BCUT2D eigenvalue weighted by Gasteiger charge is 2.59. The molecular weight excluding hydrogens is 384 g/mol. The van der Waals surface area contributed by atoms with E-state index < -0.39 is 0 Å². The standard InChI is InChI=1S/C22H36N4O2S/c1-5-23-21(25-19-16-8-10-28-20(16)22(19,3)4)24-13-17(18-7-6-12-29-18)26-9-11-27-15(2)14-26/h6-7,12,15-17,19-20H,5,8-11,13-14H2,1-4H3,(H2,23,24,25). The first-order chi connectivity index (χ1) is 14.0. The molecule has 162 valence electrons. The molecular formula is C22H36N4O2S. The van der Waals surface area contributed by atoms with Crippen molar-refractivity contribution in [2.75, 3.05) is 39.4 Å². The molecule has 1 aliphatic carbocycles. The second kappa shape index (κ2) is 8.92. The Labute approximate surface area is 179 Å². The van der Waals surface area contributed by atoms with Crippen LogP contribution in [-0.4, -0.2) is 68.5 Å². The van der Waals surface area contributed by atoms with Crippen LogP contribution < -0.4 is 10.6 Å².